The van der Waals surface area contributed by atoms with Gasteiger partial charge in [-0.15, -0.1) is 0 Å². The predicted molar refractivity (Wildman–Crippen MR) is 97.1 cm³/mol. The molecule has 0 saturated carbocycles. The van der Waals surface area contributed by atoms with Gasteiger partial charge in [0.15, 0.2) is 0 Å². The summed E-state index contributed by atoms with van der Waals surface area (Å²) in [6.45, 7) is 8.60. The summed E-state index contributed by atoms with van der Waals surface area (Å²) < 4.78 is 0. The van der Waals surface area contributed by atoms with E-state index < -0.39 is 0 Å². The van der Waals surface area contributed by atoms with Crippen LogP contribution in [0.3, 0.4) is 0 Å². The average Bonchev–Trinajstić information content (AvgIpc) is 2.86. The maximum absolute atomic E-state index is 2.85. The normalized spacial score (nSPS) is 30.6. The highest BCUT2D eigenvalue weighted by atomic mass is 15.3. The monoisotopic (exact) mass is 313 g/mol. The molecular weight excluding hydrogens is 282 g/mol. The standard InChI is InChI=1S/C20H31N3/c1-16-4-3-5-19(12-16)22-10-8-18(9-11-22)23-14-17-6-7-20(15-23)21(2)13-17/h3-5,12,17-18,20H,6-11,13-15H2,1-2H3/t17-,20-/m1/s1. The summed E-state index contributed by atoms with van der Waals surface area (Å²) in [7, 11) is 2.33. The number of rotatable bonds is 2. The van der Waals surface area contributed by atoms with Crippen molar-refractivity contribution in [3.8, 4) is 0 Å². The lowest BCUT2D eigenvalue weighted by Crippen LogP contribution is -2.47. The molecule has 4 aliphatic rings. The zero-order chi connectivity index (χ0) is 15.8. The predicted octanol–water partition coefficient (Wildman–Crippen LogP) is 2.99. The van der Waals surface area contributed by atoms with E-state index in [1.54, 1.807) is 0 Å². The average molecular weight is 313 g/mol. The minimum atomic E-state index is 0.809. The number of benzene rings is 1. The van der Waals surface area contributed by atoms with Crippen LogP contribution in [-0.2, 0) is 0 Å². The van der Waals surface area contributed by atoms with Gasteiger partial charge < -0.3 is 9.80 Å². The minimum Gasteiger partial charge on any atom is -0.371 e. The molecule has 0 spiro atoms. The van der Waals surface area contributed by atoms with E-state index in [-0.39, 0.29) is 0 Å². The quantitative estimate of drug-likeness (QED) is 0.831. The van der Waals surface area contributed by atoms with Crippen molar-refractivity contribution in [1.82, 2.24) is 9.80 Å². The van der Waals surface area contributed by atoms with Crippen molar-refractivity contribution in [2.24, 2.45) is 5.92 Å². The van der Waals surface area contributed by atoms with E-state index in [4.69, 9.17) is 0 Å². The molecule has 4 aliphatic heterocycles. The third-order valence-corrected chi connectivity index (χ3v) is 6.36. The maximum atomic E-state index is 2.85. The fourth-order valence-electron chi connectivity index (χ4n) is 4.96. The number of hydrogen-bond acceptors (Lipinski definition) is 3. The fourth-order valence-corrected chi connectivity index (χ4v) is 4.96. The first kappa shape index (κ1) is 15.5. The lowest BCUT2D eigenvalue weighted by Gasteiger charge is -2.40. The van der Waals surface area contributed by atoms with E-state index in [1.807, 2.05) is 0 Å². The number of piperidine rings is 2. The molecule has 2 atom stereocenters. The number of hydrogen-bond donors (Lipinski definition) is 0. The van der Waals surface area contributed by atoms with Crippen molar-refractivity contribution in [2.45, 2.75) is 44.7 Å². The Morgan fingerprint density at radius 3 is 2.48 bits per heavy atom. The molecule has 0 aromatic heterocycles. The zero-order valence-electron chi connectivity index (χ0n) is 14.7. The van der Waals surface area contributed by atoms with E-state index >= 15 is 0 Å². The van der Waals surface area contributed by atoms with Crippen molar-refractivity contribution in [3.05, 3.63) is 29.8 Å². The summed E-state index contributed by atoms with van der Waals surface area (Å²) >= 11 is 0. The first-order valence-corrected chi connectivity index (χ1v) is 9.45. The van der Waals surface area contributed by atoms with Gasteiger partial charge >= 0.3 is 0 Å². The number of anilines is 1. The second-order valence-electron chi connectivity index (χ2n) is 8.05. The smallest absolute Gasteiger partial charge is 0.0368 e. The minimum absolute atomic E-state index is 0.809. The van der Waals surface area contributed by atoms with Crippen LogP contribution in [0.4, 0.5) is 5.69 Å². The maximum Gasteiger partial charge on any atom is 0.0368 e. The van der Waals surface area contributed by atoms with Gasteiger partial charge in [-0.2, -0.15) is 0 Å². The van der Waals surface area contributed by atoms with Gasteiger partial charge in [0.05, 0.1) is 0 Å². The Morgan fingerprint density at radius 1 is 0.913 bits per heavy atom. The van der Waals surface area contributed by atoms with E-state index in [1.165, 1.54) is 69.7 Å². The molecule has 3 heteroatoms. The summed E-state index contributed by atoms with van der Waals surface area (Å²) in [6, 6.07) is 10.6. The molecule has 4 fully saturated rings. The highest BCUT2D eigenvalue weighted by Gasteiger charge is 2.36. The highest BCUT2D eigenvalue weighted by Crippen LogP contribution is 2.31. The number of nitrogens with zero attached hydrogens (tertiary/aromatic N) is 3. The molecule has 1 aromatic rings. The molecule has 23 heavy (non-hydrogen) atoms. The molecule has 0 amide bonds. The Bertz CT molecular complexity index is 535. The topological polar surface area (TPSA) is 9.72 Å². The molecule has 0 unspecified atom stereocenters. The Kier molecular flexibility index (Phi) is 4.33. The van der Waals surface area contributed by atoms with Crippen LogP contribution in [-0.4, -0.2) is 61.7 Å². The van der Waals surface area contributed by atoms with Crippen molar-refractivity contribution >= 4 is 5.69 Å². The van der Waals surface area contributed by atoms with Crippen LogP contribution in [0.25, 0.3) is 0 Å². The first-order chi connectivity index (χ1) is 11.2. The van der Waals surface area contributed by atoms with E-state index in [0.29, 0.717) is 0 Å². The van der Waals surface area contributed by atoms with Gasteiger partial charge in [0.1, 0.15) is 0 Å². The van der Waals surface area contributed by atoms with Crippen molar-refractivity contribution in [2.75, 3.05) is 44.7 Å². The second-order valence-corrected chi connectivity index (χ2v) is 8.05. The SMILES string of the molecule is Cc1cccc(N2CCC(N3C[C@@H]4CC[C@H](C3)N(C)C4)CC2)c1. The van der Waals surface area contributed by atoms with Crippen LogP contribution >= 0.6 is 0 Å². The molecule has 3 nitrogen and oxygen atoms in total. The van der Waals surface area contributed by atoms with Crippen LogP contribution in [0.5, 0.6) is 0 Å². The molecule has 0 aliphatic carbocycles. The molecule has 0 radical (unpaired) electrons. The molecule has 4 saturated heterocycles. The Balaban J connectivity index is 1.38. The van der Waals surface area contributed by atoms with Gasteiger partial charge in [-0.3, -0.25) is 4.90 Å². The third-order valence-electron chi connectivity index (χ3n) is 6.36. The second kappa shape index (κ2) is 6.45. The number of likely N-dealkylation sites (N-methyl/N-ethyl adjacent to an activating group) is 1. The molecule has 4 heterocycles. The van der Waals surface area contributed by atoms with Gasteiger partial charge in [0.2, 0.25) is 0 Å². The summed E-state index contributed by atoms with van der Waals surface area (Å²) in [6.07, 6.45) is 5.53. The van der Waals surface area contributed by atoms with Crippen molar-refractivity contribution < 1.29 is 0 Å². The Morgan fingerprint density at radius 2 is 1.74 bits per heavy atom. The fraction of sp³-hybridized carbons (Fsp3) is 0.700. The summed E-state index contributed by atoms with van der Waals surface area (Å²) in [5.41, 5.74) is 2.79. The van der Waals surface area contributed by atoms with E-state index in [0.717, 1.165) is 18.0 Å². The number of fused-ring (bicyclic) bond motifs is 4. The molecule has 126 valence electrons. The lowest BCUT2D eigenvalue weighted by molar-refractivity contribution is 0.147. The third kappa shape index (κ3) is 3.27. The molecule has 5 rings (SSSR count). The molecule has 1 aromatic carbocycles. The van der Waals surface area contributed by atoms with Crippen LogP contribution in [0.1, 0.15) is 31.2 Å². The van der Waals surface area contributed by atoms with Crippen LogP contribution in [0, 0.1) is 12.8 Å². The van der Waals surface area contributed by atoms with E-state index in [9.17, 15) is 0 Å². The van der Waals surface area contributed by atoms with Gasteiger partial charge in [0.25, 0.3) is 0 Å². The molecule has 2 bridgehead atoms. The van der Waals surface area contributed by atoms with Crippen LogP contribution < -0.4 is 4.90 Å². The lowest BCUT2D eigenvalue weighted by atomic mass is 9.96. The first-order valence-electron chi connectivity index (χ1n) is 9.45. The summed E-state index contributed by atoms with van der Waals surface area (Å²) in [5, 5.41) is 0. The van der Waals surface area contributed by atoms with Gasteiger partial charge in [-0.05, 0) is 63.3 Å². The zero-order valence-corrected chi connectivity index (χ0v) is 14.7. The summed E-state index contributed by atoms with van der Waals surface area (Å²) in [4.78, 5) is 8.05. The molecule has 0 N–H and O–H groups in total. The van der Waals surface area contributed by atoms with E-state index in [2.05, 4.69) is 52.9 Å². The van der Waals surface area contributed by atoms with Crippen LogP contribution in [0.15, 0.2) is 24.3 Å². The van der Waals surface area contributed by atoms with Gasteiger partial charge in [-0.1, -0.05) is 12.1 Å². The summed E-state index contributed by atoms with van der Waals surface area (Å²) in [5.74, 6) is 0.911. The Hall–Kier alpha value is -1.06. The van der Waals surface area contributed by atoms with Gasteiger partial charge in [-0.25, -0.2) is 0 Å². The highest BCUT2D eigenvalue weighted by molar-refractivity contribution is 5.48. The Labute approximate surface area is 141 Å². The van der Waals surface area contributed by atoms with Crippen molar-refractivity contribution in [1.29, 1.82) is 0 Å². The van der Waals surface area contributed by atoms with Crippen molar-refractivity contribution in [3.63, 3.8) is 0 Å². The molecular formula is C20H31N3. The largest absolute Gasteiger partial charge is 0.371 e. The van der Waals surface area contributed by atoms with Crippen LogP contribution in [0.2, 0.25) is 0 Å². The number of aryl methyl sites for hydroxylation is 1. The van der Waals surface area contributed by atoms with Gasteiger partial charge in [0, 0.05) is 50.5 Å².